The Bertz CT molecular complexity index is 646. The van der Waals surface area contributed by atoms with E-state index in [0.29, 0.717) is 13.2 Å². The van der Waals surface area contributed by atoms with Crippen molar-refractivity contribution in [2.45, 2.75) is 44.6 Å². The number of carbonyl (C=O) groups excluding carboxylic acids is 1. The van der Waals surface area contributed by atoms with Gasteiger partial charge in [-0.05, 0) is 75.9 Å². The van der Waals surface area contributed by atoms with Crippen molar-refractivity contribution >= 4 is 6.03 Å². The summed E-state index contributed by atoms with van der Waals surface area (Å²) in [6.45, 7) is 6.43. The predicted octanol–water partition coefficient (Wildman–Crippen LogP) is 3.18. The van der Waals surface area contributed by atoms with E-state index in [2.05, 4.69) is 16.3 Å². The molecule has 1 unspecified atom stereocenters. The fourth-order valence-electron chi connectivity index (χ4n) is 4.39. The molecular formula is C21H31N3O3. The van der Waals surface area contributed by atoms with Crippen LogP contribution in [-0.4, -0.2) is 61.8 Å². The van der Waals surface area contributed by atoms with Crippen LogP contribution >= 0.6 is 0 Å². The predicted molar refractivity (Wildman–Crippen MR) is 104 cm³/mol. The fraction of sp³-hybridized carbons (Fsp3) is 0.667. The maximum Gasteiger partial charge on any atom is 0.317 e. The lowest BCUT2D eigenvalue weighted by molar-refractivity contribution is 0.170. The van der Waals surface area contributed by atoms with E-state index in [1.807, 2.05) is 17.0 Å². The molecular weight excluding hydrogens is 342 g/mol. The Morgan fingerprint density at radius 3 is 2.70 bits per heavy atom. The monoisotopic (exact) mass is 373 g/mol. The van der Waals surface area contributed by atoms with E-state index < -0.39 is 0 Å². The van der Waals surface area contributed by atoms with Crippen molar-refractivity contribution in [1.29, 1.82) is 0 Å². The summed E-state index contributed by atoms with van der Waals surface area (Å²) in [5.41, 5.74) is 1.14. The van der Waals surface area contributed by atoms with Gasteiger partial charge in [-0.3, -0.25) is 0 Å². The molecule has 6 nitrogen and oxygen atoms in total. The second kappa shape index (κ2) is 8.83. The smallest absolute Gasteiger partial charge is 0.317 e. The molecule has 3 heterocycles. The van der Waals surface area contributed by atoms with Crippen molar-refractivity contribution < 1.29 is 14.3 Å². The molecule has 6 heteroatoms. The average Bonchev–Trinajstić information content (AvgIpc) is 3.39. The Balaban J connectivity index is 1.26. The number of benzene rings is 1. The topological polar surface area (TPSA) is 54.0 Å². The lowest BCUT2D eigenvalue weighted by Crippen LogP contribution is -2.40. The highest BCUT2D eigenvalue weighted by molar-refractivity contribution is 5.75. The zero-order valence-electron chi connectivity index (χ0n) is 16.1. The van der Waals surface area contributed by atoms with Crippen molar-refractivity contribution in [3.05, 3.63) is 23.8 Å². The van der Waals surface area contributed by atoms with Crippen molar-refractivity contribution in [2.75, 3.05) is 45.9 Å². The van der Waals surface area contributed by atoms with E-state index in [-0.39, 0.29) is 12.1 Å². The molecule has 1 atom stereocenters. The van der Waals surface area contributed by atoms with Crippen LogP contribution in [0.25, 0.3) is 0 Å². The zero-order chi connectivity index (χ0) is 18.5. The Morgan fingerprint density at radius 2 is 1.85 bits per heavy atom. The highest BCUT2D eigenvalue weighted by atomic mass is 16.6. The minimum Gasteiger partial charge on any atom is -0.486 e. The summed E-state index contributed by atoms with van der Waals surface area (Å²) in [6.07, 6.45) is 6.93. The van der Waals surface area contributed by atoms with E-state index in [0.717, 1.165) is 55.8 Å². The number of fused-ring (bicyclic) bond motifs is 1. The summed E-state index contributed by atoms with van der Waals surface area (Å²) in [4.78, 5) is 17.2. The number of nitrogens with one attached hydrogen (secondary N) is 1. The number of urea groups is 1. The molecule has 0 aromatic heterocycles. The number of likely N-dealkylation sites (tertiary alicyclic amines) is 2. The summed E-state index contributed by atoms with van der Waals surface area (Å²) in [7, 11) is 0. The minimum absolute atomic E-state index is 0.0635. The molecule has 3 aliphatic heterocycles. The molecule has 0 aliphatic carbocycles. The number of carbonyl (C=O) groups is 1. The second-order valence-corrected chi connectivity index (χ2v) is 7.74. The molecule has 1 aromatic carbocycles. The summed E-state index contributed by atoms with van der Waals surface area (Å²) in [5.74, 6) is 1.60. The van der Waals surface area contributed by atoms with Gasteiger partial charge in [0.05, 0.1) is 6.04 Å². The van der Waals surface area contributed by atoms with Gasteiger partial charge in [0.1, 0.15) is 13.2 Å². The van der Waals surface area contributed by atoms with Gasteiger partial charge in [0.15, 0.2) is 11.5 Å². The fourth-order valence-corrected chi connectivity index (χ4v) is 4.39. The minimum atomic E-state index is 0.0635. The number of nitrogens with zero attached hydrogens (tertiary/aromatic N) is 2. The maximum atomic E-state index is 12.7. The summed E-state index contributed by atoms with van der Waals surface area (Å²) < 4.78 is 11.3. The molecule has 0 saturated carbocycles. The number of amides is 2. The van der Waals surface area contributed by atoms with E-state index in [1.165, 1.54) is 32.5 Å². The first-order chi connectivity index (χ1) is 13.3. The summed E-state index contributed by atoms with van der Waals surface area (Å²) in [6, 6.07) is 6.27. The van der Waals surface area contributed by atoms with Crippen molar-refractivity contribution in [3.8, 4) is 11.5 Å². The molecule has 148 valence electrons. The van der Waals surface area contributed by atoms with Crippen molar-refractivity contribution in [1.82, 2.24) is 15.1 Å². The molecule has 2 amide bonds. The Kier molecular flexibility index (Phi) is 6.02. The number of ether oxygens (including phenoxy) is 2. The number of hydrogen-bond donors (Lipinski definition) is 1. The molecule has 3 aliphatic rings. The molecule has 27 heavy (non-hydrogen) atoms. The van der Waals surface area contributed by atoms with Crippen LogP contribution in [0.15, 0.2) is 18.2 Å². The molecule has 0 bridgehead atoms. The average molecular weight is 373 g/mol. The third kappa shape index (κ3) is 4.49. The van der Waals surface area contributed by atoms with Gasteiger partial charge in [0.2, 0.25) is 0 Å². The van der Waals surface area contributed by atoms with Crippen molar-refractivity contribution in [3.63, 3.8) is 0 Å². The van der Waals surface area contributed by atoms with E-state index in [9.17, 15) is 4.79 Å². The first-order valence-electron chi connectivity index (χ1n) is 10.5. The van der Waals surface area contributed by atoms with Crippen LogP contribution in [0, 0.1) is 0 Å². The lowest BCUT2D eigenvalue weighted by Gasteiger charge is -2.27. The van der Waals surface area contributed by atoms with Gasteiger partial charge in [-0.1, -0.05) is 6.07 Å². The molecule has 4 rings (SSSR count). The lowest BCUT2D eigenvalue weighted by atomic mass is 10.0. The van der Waals surface area contributed by atoms with Gasteiger partial charge < -0.3 is 24.6 Å². The van der Waals surface area contributed by atoms with Gasteiger partial charge in [-0.2, -0.15) is 0 Å². The third-order valence-electron chi connectivity index (χ3n) is 5.84. The number of rotatable bonds is 6. The van der Waals surface area contributed by atoms with Crippen LogP contribution in [0.4, 0.5) is 4.79 Å². The standard InChI is InChI=1S/C21H31N3O3/c25-21(22-9-1-2-10-23-11-3-4-12-23)24-13-5-6-18(24)17-7-8-19-20(16-17)27-15-14-26-19/h7-8,16,18H,1-6,9-15H2,(H,22,25). The van der Waals surface area contributed by atoms with Crippen LogP contribution in [0.5, 0.6) is 11.5 Å². The Labute approximate surface area is 161 Å². The van der Waals surface area contributed by atoms with Gasteiger partial charge in [-0.25, -0.2) is 4.79 Å². The second-order valence-electron chi connectivity index (χ2n) is 7.74. The highest BCUT2D eigenvalue weighted by Crippen LogP contribution is 2.38. The van der Waals surface area contributed by atoms with Crippen LogP contribution in [0.1, 0.15) is 50.1 Å². The van der Waals surface area contributed by atoms with Gasteiger partial charge in [0.25, 0.3) is 0 Å². The first-order valence-corrected chi connectivity index (χ1v) is 10.5. The third-order valence-corrected chi connectivity index (χ3v) is 5.84. The Hall–Kier alpha value is -1.95. The highest BCUT2D eigenvalue weighted by Gasteiger charge is 2.30. The molecule has 0 radical (unpaired) electrons. The van der Waals surface area contributed by atoms with Gasteiger partial charge in [0, 0.05) is 13.1 Å². The van der Waals surface area contributed by atoms with Crippen LogP contribution in [0.2, 0.25) is 0 Å². The molecule has 1 aromatic rings. The summed E-state index contributed by atoms with van der Waals surface area (Å²) >= 11 is 0. The van der Waals surface area contributed by atoms with Crippen molar-refractivity contribution in [2.24, 2.45) is 0 Å². The van der Waals surface area contributed by atoms with E-state index >= 15 is 0 Å². The number of hydrogen-bond acceptors (Lipinski definition) is 4. The van der Waals surface area contributed by atoms with E-state index in [1.54, 1.807) is 0 Å². The summed E-state index contributed by atoms with van der Waals surface area (Å²) in [5, 5.41) is 3.12. The molecule has 1 N–H and O–H groups in total. The molecule has 2 fully saturated rings. The maximum absolute atomic E-state index is 12.7. The number of unbranched alkanes of at least 4 members (excludes halogenated alkanes) is 1. The Morgan fingerprint density at radius 1 is 1.04 bits per heavy atom. The van der Waals surface area contributed by atoms with Gasteiger partial charge in [-0.15, -0.1) is 0 Å². The van der Waals surface area contributed by atoms with E-state index in [4.69, 9.17) is 9.47 Å². The normalized spacial score (nSPS) is 22.2. The van der Waals surface area contributed by atoms with Crippen LogP contribution < -0.4 is 14.8 Å². The van der Waals surface area contributed by atoms with Crippen LogP contribution in [-0.2, 0) is 0 Å². The van der Waals surface area contributed by atoms with Crippen LogP contribution in [0.3, 0.4) is 0 Å². The SMILES string of the molecule is O=C(NCCCCN1CCCC1)N1CCCC1c1ccc2c(c1)OCCO2. The molecule has 2 saturated heterocycles. The first kappa shape index (κ1) is 18.4. The zero-order valence-corrected chi connectivity index (χ0v) is 16.1. The van der Waals surface area contributed by atoms with Gasteiger partial charge >= 0.3 is 6.03 Å². The largest absolute Gasteiger partial charge is 0.486 e. The quantitative estimate of drug-likeness (QED) is 0.778. The molecule has 0 spiro atoms.